The first kappa shape index (κ1) is 16.1. The summed E-state index contributed by atoms with van der Waals surface area (Å²) in [6, 6.07) is 15.7. The van der Waals surface area contributed by atoms with E-state index in [0.29, 0.717) is 17.9 Å². The maximum atomic E-state index is 12.5. The lowest BCUT2D eigenvalue weighted by molar-refractivity contribution is 0.0925. The molecule has 0 saturated carbocycles. The molecule has 1 amide bonds. The van der Waals surface area contributed by atoms with Crippen molar-refractivity contribution in [1.29, 1.82) is 0 Å². The van der Waals surface area contributed by atoms with Crippen molar-refractivity contribution in [3.05, 3.63) is 65.4 Å². The summed E-state index contributed by atoms with van der Waals surface area (Å²) in [6.07, 6.45) is 0. The molecule has 1 atom stereocenters. The average molecular weight is 323 g/mol. The van der Waals surface area contributed by atoms with Crippen molar-refractivity contribution in [3.63, 3.8) is 0 Å². The van der Waals surface area contributed by atoms with E-state index in [4.69, 9.17) is 9.15 Å². The average Bonchev–Trinajstić information content (AvgIpc) is 2.96. The highest BCUT2D eigenvalue weighted by molar-refractivity contribution is 5.99. The third-order valence-corrected chi connectivity index (χ3v) is 4.29. The molecule has 2 aromatic carbocycles. The van der Waals surface area contributed by atoms with Crippen LogP contribution in [-0.4, -0.2) is 19.6 Å². The Morgan fingerprint density at radius 3 is 2.67 bits per heavy atom. The second-order valence-corrected chi connectivity index (χ2v) is 5.94. The summed E-state index contributed by atoms with van der Waals surface area (Å²) in [5.41, 5.74) is 2.71. The molecule has 1 heterocycles. The number of amides is 1. The molecule has 124 valence electrons. The summed E-state index contributed by atoms with van der Waals surface area (Å²) in [6.45, 7) is 4.54. The number of hydrogen-bond acceptors (Lipinski definition) is 3. The Morgan fingerprint density at radius 1 is 1.21 bits per heavy atom. The Morgan fingerprint density at radius 2 is 1.96 bits per heavy atom. The molecule has 24 heavy (non-hydrogen) atoms. The topological polar surface area (TPSA) is 51.5 Å². The minimum Gasteiger partial charge on any atom is -0.497 e. The number of carbonyl (C=O) groups is 1. The minimum atomic E-state index is -0.189. The van der Waals surface area contributed by atoms with Crippen molar-refractivity contribution in [1.82, 2.24) is 5.32 Å². The fourth-order valence-corrected chi connectivity index (χ4v) is 2.77. The van der Waals surface area contributed by atoms with Crippen LogP contribution in [0.3, 0.4) is 0 Å². The van der Waals surface area contributed by atoms with Gasteiger partial charge < -0.3 is 14.5 Å². The Labute approximate surface area is 141 Å². The molecule has 0 bridgehead atoms. The highest BCUT2D eigenvalue weighted by atomic mass is 16.5. The number of carbonyl (C=O) groups excluding carboxylic acids is 1. The zero-order valence-electron chi connectivity index (χ0n) is 14.1. The summed E-state index contributed by atoms with van der Waals surface area (Å²) in [4.78, 5) is 12.5. The normalized spacial score (nSPS) is 12.1. The maximum absolute atomic E-state index is 12.5. The molecule has 0 radical (unpaired) electrons. The number of fused-ring (bicyclic) bond motifs is 1. The lowest BCUT2D eigenvalue weighted by atomic mass is 10.0. The van der Waals surface area contributed by atoms with Crippen LogP contribution in [0.4, 0.5) is 0 Å². The SMILES string of the molecule is COc1ccc2oc(C(=O)NC[C@@H](C)c3ccccc3)c(C)c2c1. The van der Waals surface area contributed by atoms with Crippen LogP contribution in [-0.2, 0) is 0 Å². The first-order valence-corrected chi connectivity index (χ1v) is 8.00. The van der Waals surface area contributed by atoms with Crippen molar-refractivity contribution >= 4 is 16.9 Å². The highest BCUT2D eigenvalue weighted by Crippen LogP contribution is 2.28. The van der Waals surface area contributed by atoms with Crippen LogP contribution in [0, 0.1) is 6.92 Å². The van der Waals surface area contributed by atoms with Gasteiger partial charge in [-0.25, -0.2) is 0 Å². The van der Waals surface area contributed by atoms with Gasteiger partial charge in [0.1, 0.15) is 11.3 Å². The van der Waals surface area contributed by atoms with E-state index in [0.717, 1.165) is 16.7 Å². The minimum absolute atomic E-state index is 0.189. The van der Waals surface area contributed by atoms with E-state index >= 15 is 0 Å². The lowest BCUT2D eigenvalue weighted by Crippen LogP contribution is -2.27. The van der Waals surface area contributed by atoms with Crippen molar-refractivity contribution in [2.24, 2.45) is 0 Å². The Kier molecular flexibility index (Phi) is 4.56. The van der Waals surface area contributed by atoms with Gasteiger partial charge in [-0.1, -0.05) is 37.3 Å². The van der Waals surface area contributed by atoms with Crippen LogP contribution in [0.15, 0.2) is 52.9 Å². The predicted octanol–water partition coefficient (Wildman–Crippen LogP) is 4.28. The van der Waals surface area contributed by atoms with Gasteiger partial charge in [0.05, 0.1) is 7.11 Å². The van der Waals surface area contributed by atoms with Gasteiger partial charge in [0.15, 0.2) is 5.76 Å². The van der Waals surface area contributed by atoms with Crippen LogP contribution < -0.4 is 10.1 Å². The number of furan rings is 1. The second kappa shape index (κ2) is 6.79. The molecule has 0 aliphatic heterocycles. The van der Waals surface area contributed by atoms with Gasteiger partial charge in [-0.3, -0.25) is 4.79 Å². The van der Waals surface area contributed by atoms with Crippen molar-refractivity contribution in [2.45, 2.75) is 19.8 Å². The monoisotopic (exact) mass is 323 g/mol. The molecular weight excluding hydrogens is 302 g/mol. The van der Waals surface area contributed by atoms with Gasteiger partial charge in [0.25, 0.3) is 5.91 Å². The smallest absolute Gasteiger partial charge is 0.287 e. The first-order chi connectivity index (χ1) is 11.6. The van der Waals surface area contributed by atoms with Crippen molar-refractivity contribution in [2.75, 3.05) is 13.7 Å². The Bertz CT molecular complexity index is 852. The molecule has 4 heteroatoms. The van der Waals surface area contributed by atoms with E-state index in [1.807, 2.05) is 43.3 Å². The largest absolute Gasteiger partial charge is 0.497 e. The van der Waals surface area contributed by atoms with Gasteiger partial charge in [-0.05, 0) is 36.6 Å². The van der Waals surface area contributed by atoms with E-state index in [-0.39, 0.29) is 11.8 Å². The molecule has 0 aliphatic rings. The number of benzene rings is 2. The van der Waals surface area contributed by atoms with Crippen LogP contribution in [0.5, 0.6) is 5.75 Å². The zero-order valence-corrected chi connectivity index (χ0v) is 14.1. The summed E-state index contributed by atoms with van der Waals surface area (Å²) >= 11 is 0. The molecule has 0 unspecified atom stereocenters. The molecule has 3 rings (SSSR count). The summed E-state index contributed by atoms with van der Waals surface area (Å²) in [5, 5.41) is 3.86. The molecular formula is C20H21NO3. The Hall–Kier alpha value is -2.75. The summed E-state index contributed by atoms with van der Waals surface area (Å²) in [5.74, 6) is 1.15. The molecule has 3 aromatic rings. The lowest BCUT2D eigenvalue weighted by Gasteiger charge is -2.12. The number of nitrogens with one attached hydrogen (secondary N) is 1. The fourth-order valence-electron chi connectivity index (χ4n) is 2.77. The second-order valence-electron chi connectivity index (χ2n) is 5.94. The van der Waals surface area contributed by atoms with E-state index in [1.54, 1.807) is 7.11 Å². The van der Waals surface area contributed by atoms with Gasteiger partial charge in [-0.2, -0.15) is 0 Å². The summed E-state index contributed by atoms with van der Waals surface area (Å²) < 4.78 is 11.0. The van der Waals surface area contributed by atoms with Gasteiger partial charge >= 0.3 is 0 Å². The number of hydrogen-bond donors (Lipinski definition) is 1. The quantitative estimate of drug-likeness (QED) is 0.762. The maximum Gasteiger partial charge on any atom is 0.287 e. The molecule has 0 saturated heterocycles. The molecule has 0 fully saturated rings. The first-order valence-electron chi connectivity index (χ1n) is 8.00. The van der Waals surface area contributed by atoms with Gasteiger partial charge in [-0.15, -0.1) is 0 Å². The predicted molar refractivity (Wildman–Crippen MR) is 94.7 cm³/mol. The third-order valence-electron chi connectivity index (χ3n) is 4.29. The molecule has 0 aliphatic carbocycles. The standard InChI is InChI=1S/C20H21NO3/c1-13(15-7-5-4-6-8-15)12-21-20(22)19-14(2)17-11-16(23-3)9-10-18(17)24-19/h4-11,13H,12H2,1-3H3,(H,21,22)/t13-/m1/s1. The highest BCUT2D eigenvalue weighted by Gasteiger charge is 2.18. The molecule has 1 N–H and O–H groups in total. The van der Waals surface area contributed by atoms with Crippen molar-refractivity contribution < 1.29 is 13.9 Å². The summed E-state index contributed by atoms with van der Waals surface area (Å²) in [7, 11) is 1.62. The van der Waals surface area contributed by atoms with E-state index in [1.165, 1.54) is 5.56 Å². The number of methoxy groups -OCH3 is 1. The zero-order chi connectivity index (χ0) is 17.1. The van der Waals surface area contributed by atoms with Crippen LogP contribution in [0.2, 0.25) is 0 Å². The number of ether oxygens (including phenoxy) is 1. The van der Waals surface area contributed by atoms with E-state index < -0.39 is 0 Å². The van der Waals surface area contributed by atoms with Crippen molar-refractivity contribution in [3.8, 4) is 5.75 Å². The molecule has 0 spiro atoms. The van der Waals surface area contributed by atoms with E-state index in [9.17, 15) is 4.79 Å². The molecule has 1 aromatic heterocycles. The number of aryl methyl sites for hydroxylation is 1. The van der Waals surface area contributed by atoms with Gasteiger partial charge in [0, 0.05) is 17.5 Å². The van der Waals surface area contributed by atoms with Crippen LogP contribution in [0.1, 0.15) is 34.5 Å². The fraction of sp³-hybridized carbons (Fsp3) is 0.250. The van der Waals surface area contributed by atoms with Gasteiger partial charge in [0.2, 0.25) is 0 Å². The van der Waals surface area contributed by atoms with Crippen LogP contribution >= 0.6 is 0 Å². The number of rotatable bonds is 5. The third kappa shape index (κ3) is 3.13. The molecule has 4 nitrogen and oxygen atoms in total. The Balaban J connectivity index is 1.75. The van der Waals surface area contributed by atoms with E-state index in [2.05, 4.69) is 24.4 Å². The van der Waals surface area contributed by atoms with Crippen LogP contribution in [0.25, 0.3) is 11.0 Å².